The van der Waals surface area contributed by atoms with E-state index in [9.17, 15) is 8.78 Å². The summed E-state index contributed by atoms with van der Waals surface area (Å²) in [7, 11) is 3.63. The van der Waals surface area contributed by atoms with Crippen LogP contribution in [0.1, 0.15) is 24.2 Å². The standard InChI is InChI=1S/C7H12F2N4O/c1-13(2)3-4(10)6-11-7(5(8)9)14-12-6/h4-5H,3,10H2,1-2H3. The molecule has 0 aliphatic carbocycles. The van der Waals surface area contributed by atoms with Crippen LogP contribution in [0.2, 0.25) is 0 Å². The third kappa shape index (κ3) is 2.71. The number of nitrogens with zero attached hydrogens (tertiary/aromatic N) is 3. The lowest BCUT2D eigenvalue weighted by Gasteiger charge is -2.12. The van der Waals surface area contributed by atoms with Gasteiger partial charge in [-0.25, -0.2) is 0 Å². The van der Waals surface area contributed by atoms with E-state index in [1.807, 2.05) is 19.0 Å². The van der Waals surface area contributed by atoms with Crippen molar-refractivity contribution < 1.29 is 13.3 Å². The second-order valence-corrected chi connectivity index (χ2v) is 3.16. The van der Waals surface area contributed by atoms with E-state index in [1.165, 1.54) is 0 Å². The average Bonchev–Trinajstić information content (AvgIpc) is 2.50. The molecule has 1 atom stereocenters. The summed E-state index contributed by atoms with van der Waals surface area (Å²) in [5.41, 5.74) is 5.64. The van der Waals surface area contributed by atoms with Gasteiger partial charge in [0.2, 0.25) is 0 Å². The molecule has 0 amide bonds. The Morgan fingerprint density at radius 1 is 1.50 bits per heavy atom. The van der Waals surface area contributed by atoms with Gasteiger partial charge in [0.05, 0.1) is 6.04 Å². The van der Waals surface area contributed by atoms with Crippen molar-refractivity contribution in [1.82, 2.24) is 15.0 Å². The van der Waals surface area contributed by atoms with Gasteiger partial charge in [-0.2, -0.15) is 13.8 Å². The molecule has 0 fully saturated rings. The lowest BCUT2D eigenvalue weighted by Crippen LogP contribution is -2.26. The number of likely N-dealkylation sites (N-methyl/N-ethyl adjacent to an activating group) is 1. The first kappa shape index (κ1) is 11.0. The molecule has 0 aliphatic rings. The van der Waals surface area contributed by atoms with Gasteiger partial charge in [-0.15, -0.1) is 0 Å². The first-order valence-electron chi connectivity index (χ1n) is 4.02. The van der Waals surface area contributed by atoms with Crippen LogP contribution in [0.3, 0.4) is 0 Å². The molecule has 1 aromatic heterocycles. The predicted octanol–water partition coefficient (Wildman–Crippen LogP) is 0.569. The van der Waals surface area contributed by atoms with Gasteiger partial charge in [-0.05, 0) is 14.1 Å². The van der Waals surface area contributed by atoms with Crippen LogP contribution in [0.4, 0.5) is 8.78 Å². The van der Waals surface area contributed by atoms with Crippen LogP contribution in [-0.2, 0) is 0 Å². The molecule has 14 heavy (non-hydrogen) atoms. The van der Waals surface area contributed by atoms with Crippen LogP contribution in [0.5, 0.6) is 0 Å². The highest BCUT2D eigenvalue weighted by atomic mass is 19.3. The highest BCUT2D eigenvalue weighted by molar-refractivity contribution is 4.94. The van der Waals surface area contributed by atoms with E-state index in [-0.39, 0.29) is 5.82 Å². The fourth-order valence-corrected chi connectivity index (χ4v) is 0.962. The number of hydrogen-bond donors (Lipinski definition) is 1. The molecule has 0 aliphatic heterocycles. The number of hydrogen-bond acceptors (Lipinski definition) is 5. The molecule has 0 radical (unpaired) electrons. The summed E-state index contributed by atoms with van der Waals surface area (Å²) in [4.78, 5) is 5.29. The van der Waals surface area contributed by atoms with E-state index >= 15 is 0 Å². The van der Waals surface area contributed by atoms with E-state index in [0.717, 1.165) is 0 Å². The number of rotatable bonds is 4. The van der Waals surface area contributed by atoms with Crippen LogP contribution in [0.25, 0.3) is 0 Å². The van der Waals surface area contributed by atoms with Crippen molar-refractivity contribution in [2.75, 3.05) is 20.6 Å². The fourth-order valence-electron chi connectivity index (χ4n) is 0.962. The largest absolute Gasteiger partial charge is 0.333 e. The molecule has 1 rings (SSSR count). The lowest BCUT2D eigenvalue weighted by molar-refractivity contribution is 0.106. The molecular weight excluding hydrogens is 194 g/mol. The normalized spacial score (nSPS) is 13.9. The number of nitrogens with two attached hydrogens (primary N) is 1. The van der Waals surface area contributed by atoms with Gasteiger partial charge in [0.1, 0.15) is 0 Å². The molecule has 1 unspecified atom stereocenters. The van der Waals surface area contributed by atoms with E-state index in [4.69, 9.17) is 5.73 Å². The van der Waals surface area contributed by atoms with Crippen molar-refractivity contribution in [3.8, 4) is 0 Å². The van der Waals surface area contributed by atoms with E-state index < -0.39 is 18.4 Å². The molecule has 2 N–H and O–H groups in total. The number of aromatic nitrogens is 2. The topological polar surface area (TPSA) is 68.2 Å². The highest BCUT2D eigenvalue weighted by Crippen LogP contribution is 2.17. The van der Waals surface area contributed by atoms with Gasteiger partial charge < -0.3 is 15.2 Å². The fraction of sp³-hybridized carbons (Fsp3) is 0.714. The molecule has 5 nitrogen and oxygen atoms in total. The molecule has 0 bridgehead atoms. The van der Waals surface area contributed by atoms with Gasteiger partial charge in [-0.1, -0.05) is 5.16 Å². The molecule has 7 heteroatoms. The summed E-state index contributed by atoms with van der Waals surface area (Å²) in [6.45, 7) is 0.474. The molecule has 0 aromatic carbocycles. The summed E-state index contributed by atoms with van der Waals surface area (Å²) >= 11 is 0. The monoisotopic (exact) mass is 206 g/mol. The lowest BCUT2D eigenvalue weighted by atomic mass is 10.3. The van der Waals surface area contributed by atoms with E-state index in [1.54, 1.807) is 0 Å². The average molecular weight is 206 g/mol. The van der Waals surface area contributed by atoms with Gasteiger partial charge >= 0.3 is 6.43 Å². The second kappa shape index (κ2) is 4.43. The Kier molecular flexibility index (Phi) is 3.48. The Balaban J connectivity index is 2.66. The van der Waals surface area contributed by atoms with Crippen LogP contribution in [0.15, 0.2) is 4.52 Å². The molecule has 0 saturated carbocycles. The second-order valence-electron chi connectivity index (χ2n) is 3.16. The summed E-state index contributed by atoms with van der Waals surface area (Å²) in [5, 5.41) is 3.37. The van der Waals surface area contributed by atoms with Crippen molar-refractivity contribution in [1.29, 1.82) is 0 Å². The molecule has 80 valence electrons. The minimum Gasteiger partial charge on any atom is -0.333 e. The zero-order chi connectivity index (χ0) is 10.7. The van der Waals surface area contributed by atoms with Gasteiger partial charge in [0.25, 0.3) is 5.89 Å². The highest BCUT2D eigenvalue weighted by Gasteiger charge is 2.20. The minimum atomic E-state index is -2.75. The molecular formula is C7H12F2N4O. The van der Waals surface area contributed by atoms with Crippen LogP contribution in [0, 0.1) is 0 Å². The zero-order valence-corrected chi connectivity index (χ0v) is 7.94. The van der Waals surface area contributed by atoms with Crippen molar-refractivity contribution >= 4 is 0 Å². The molecule has 0 saturated heterocycles. The SMILES string of the molecule is CN(C)CC(N)c1noc(C(F)F)n1. The summed E-state index contributed by atoms with van der Waals surface area (Å²) in [6.07, 6.45) is -2.75. The maximum Gasteiger partial charge on any atom is 0.315 e. The quantitative estimate of drug-likeness (QED) is 0.779. The number of alkyl halides is 2. The van der Waals surface area contributed by atoms with Gasteiger partial charge in [0, 0.05) is 6.54 Å². The first-order chi connectivity index (χ1) is 6.50. The van der Waals surface area contributed by atoms with Crippen molar-refractivity contribution in [3.63, 3.8) is 0 Å². The Labute approximate surface area is 79.9 Å². The minimum absolute atomic E-state index is 0.106. The van der Waals surface area contributed by atoms with Crippen LogP contribution >= 0.6 is 0 Å². The van der Waals surface area contributed by atoms with Gasteiger partial charge in [0.15, 0.2) is 5.82 Å². The van der Waals surface area contributed by atoms with E-state index in [0.29, 0.717) is 6.54 Å². The van der Waals surface area contributed by atoms with Crippen molar-refractivity contribution in [2.24, 2.45) is 5.73 Å². The molecule has 1 heterocycles. The number of halogens is 2. The zero-order valence-electron chi connectivity index (χ0n) is 7.94. The van der Waals surface area contributed by atoms with Crippen molar-refractivity contribution in [2.45, 2.75) is 12.5 Å². The summed E-state index contributed by atoms with van der Waals surface area (Å²) < 4.78 is 28.4. The smallest absolute Gasteiger partial charge is 0.315 e. The third-order valence-corrected chi connectivity index (χ3v) is 1.54. The molecule has 0 spiro atoms. The predicted molar refractivity (Wildman–Crippen MR) is 44.7 cm³/mol. The Bertz CT molecular complexity index is 289. The summed E-state index contributed by atoms with van der Waals surface area (Å²) in [6, 6.07) is -0.513. The first-order valence-corrected chi connectivity index (χ1v) is 4.02. The molecule has 1 aromatic rings. The van der Waals surface area contributed by atoms with Crippen LogP contribution < -0.4 is 5.73 Å². The van der Waals surface area contributed by atoms with Crippen LogP contribution in [-0.4, -0.2) is 35.7 Å². The summed E-state index contributed by atoms with van der Waals surface area (Å²) in [5.74, 6) is -0.580. The Morgan fingerprint density at radius 3 is 2.57 bits per heavy atom. The van der Waals surface area contributed by atoms with Gasteiger partial charge in [-0.3, -0.25) is 0 Å². The third-order valence-electron chi connectivity index (χ3n) is 1.54. The van der Waals surface area contributed by atoms with E-state index in [2.05, 4.69) is 14.7 Å². The Hall–Kier alpha value is -1.08. The maximum absolute atomic E-state index is 12.1. The van der Waals surface area contributed by atoms with Crippen molar-refractivity contribution in [3.05, 3.63) is 11.7 Å². The Morgan fingerprint density at radius 2 is 2.14 bits per heavy atom. The maximum atomic E-state index is 12.1.